The number of hydrogen-bond acceptors (Lipinski definition) is 6. The van der Waals surface area contributed by atoms with Gasteiger partial charge in [0.1, 0.15) is 11.3 Å². The molecule has 0 amide bonds. The highest BCUT2D eigenvalue weighted by atomic mass is 16.3. The maximum Gasteiger partial charge on any atom is 0.266 e. The van der Waals surface area contributed by atoms with Crippen molar-refractivity contribution in [3.63, 3.8) is 0 Å². The Morgan fingerprint density at radius 1 is 1.38 bits per heavy atom. The van der Waals surface area contributed by atoms with E-state index in [1.807, 2.05) is 32.9 Å². The second kappa shape index (κ2) is 4.50. The maximum atomic E-state index is 13.0. The van der Waals surface area contributed by atoms with Crippen LogP contribution in [0.5, 0.6) is 5.75 Å². The molecule has 0 fully saturated rings. The van der Waals surface area contributed by atoms with Crippen molar-refractivity contribution in [1.29, 1.82) is 0 Å². The fourth-order valence-corrected chi connectivity index (χ4v) is 3.46. The maximum absolute atomic E-state index is 13.0. The Labute approximate surface area is 136 Å². The summed E-state index contributed by atoms with van der Waals surface area (Å²) in [5, 5.41) is 23.8. The molecule has 1 aliphatic rings. The zero-order chi connectivity index (χ0) is 17.2. The number of rotatable bonds is 2. The summed E-state index contributed by atoms with van der Waals surface area (Å²) >= 11 is 0. The van der Waals surface area contributed by atoms with Crippen molar-refractivity contribution in [2.24, 2.45) is 0 Å². The highest BCUT2D eigenvalue weighted by molar-refractivity contribution is 6.11. The van der Waals surface area contributed by atoms with E-state index < -0.39 is 11.3 Å². The molecule has 4 rings (SSSR count). The number of H-pyrrole nitrogens is 1. The lowest BCUT2D eigenvalue weighted by atomic mass is 9.81. The van der Waals surface area contributed by atoms with Gasteiger partial charge in [0.25, 0.3) is 5.56 Å². The standard InChI is InChI=1S/C16H15N5O3/c1-7-16(2,3)9-6-4-5-8-11(9)21(7)15(24)10(12(8)22)13(23)14-17-19-20-18-14/h4-7,22H,1-3H3,(H,17,18,19,20)/t7-/m1/s1. The van der Waals surface area contributed by atoms with Crippen molar-refractivity contribution in [3.05, 3.63) is 45.5 Å². The lowest BCUT2D eigenvalue weighted by Crippen LogP contribution is -2.32. The van der Waals surface area contributed by atoms with E-state index in [1.54, 1.807) is 10.6 Å². The quantitative estimate of drug-likeness (QED) is 0.687. The van der Waals surface area contributed by atoms with Crippen LogP contribution in [0.25, 0.3) is 10.9 Å². The normalized spacial score (nSPS) is 18.2. The molecule has 0 radical (unpaired) electrons. The first-order chi connectivity index (χ1) is 11.4. The molecule has 3 heterocycles. The van der Waals surface area contributed by atoms with Crippen LogP contribution in [0, 0.1) is 0 Å². The molecule has 2 aromatic heterocycles. The number of hydrogen-bond donors (Lipinski definition) is 2. The van der Waals surface area contributed by atoms with Gasteiger partial charge in [-0.3, -0.25) is 9.59 Å². The van der Waals surface area contributed by atoms with E-state index in [-0.39, 0.29) is 28.6 Å². The Morgan fingerprint density at radius 3 is 2.79 bits per heavy atom. The minimum atomic E-state index is -0.751. The number of aromatic hydroxyl groups is 1. The first-order valence-corrected chi connectivity index (χ1v) is 7.54. The number of pyridine rings is 1. The molecular formula is C16H15N5O3. The molecular weight excluding hydrogens is 310 g/mol. The van der Waals surface area contributed by atoms with Gasteiger partial charge in [-0.25, -0.2) is 0 Å². The third-order valence-corrected chi connectivity index (χ3v) is 5.10. The molecule has 0 saturated heterocycles. The van der Waals surface area contributed by atoms with Crippen molar-refractivity contribution in [2.45, 2.75) is 32.2 Å². The SMILES string of the molecule is C[C@H]1n2c(=O)c(C(=O)c3nn[nH]n3)c(O)c3cccc(c32)C1(C)C. The molecule has 2 N–H and O–H groups in total. The average Bonchev–Trinajstić information content (AvgIpc) is 3.14. The number of aromatic amines is 1. The van der Waals surface area contributed by atoms with E-state index in [0.29, 0.717) is 10.9 Å². The summed E-state index contributed by atoms with van der Waals surface area (Å²) in [6.45, 7) is 6.01. The monoisotopic (exact) mass is 325 g/mol. The Bertz CT molecular complexity index is 1050. The molecule has 0 unspecified atom stereocenters. The number of carbonyl (C=O) groups excluding carboxylic acids is 1. The van der Waals surface area contributed by atoms with Crippen LogP contribution >= 0.6 is 0 Å². The average molecular weight is 325 g/mol. The van der Waals surface area contributed by atoms with Gasteiger partial charge in [-0.1, -0.05) is 26.0 Å². The van der Waals surface area contributed by atoms with Crippen molar-refractivity contribution < 1.29 is 9.90 Å². The molecule has 0 saturated carbocycles. The van der Waals surface area contributed by atoms with Crippen LogP contribution in [-0.2, 0) is 5.41 Å². The minimum Gasteiger partial charge on any atom is -0.506 e. The fourth-order valence-electron chi connectivity index (χ4n) is 3.46. The Kier molecular flexibility index (Phi) is 2.73. The molecule has 8 nitrogen and oxygen atoms in total. The number of benzene rings is 1. The van der Waals surface area contributed by atoms with Gasteiger partial charge in [0.05, 0.1) is 5.52 Å². The van der Waals surface area contributed by atoms with Crippen molar-refractivity contribution in [3.8, 4) is 5.75 Å². The third kappa shape index (κ3) is 1.60. The second-order valence-electron chi connectivity index (χ2n) is 6.56. The molecule has 0 aliphatic carbocycles. The van der Waals surface area contributed by atoms with Gasteiger partial charge in [-0.2, -0.15) is 5.21 Å². The van der Waals surface area contributed by atoms with Crippen molar-refractivity contribution in [1.82, 2.24) is 25.2 Å². The van der Waals surface area contributed by atoms with E-state index in [4.69, 9.17) is 0 Å². The largest absolute Gasteiger partial charge is 0.506 e. The third-order valence-electron chi connectivity index (χ3n) is 5.10. The van der Waals surface area contributed by atoms with E-state index in [9.17, 15) is 14.7 Å². The highest BCUT2D eigenvalue weighted by Gasteiger charge is 2.41. The van der Waals surface area contributed by atoms with Crippen molar-refractivity contribution >= 4 is 16.7 Å². The molecule has 1 aromatic carbocycles. The van der Waals surface area contributed by atoms with Crippen molar-refractivity contribution in [2.75, 3.05) is 0 Å². The molecule has 3 aromatic rings. The molecule has 24 heavy (non-hydrogen) atoms. The summed E-state index contributed by atoms with van der Waals surface area (Å²) in [6, 6.07) is 5.30. The Balaban J connectivity index is 2.13. The predicted molar refractivity (Wildman–Crippen MR) is 85.2 cm³/mol. The smallest absolute Gasteiger partial charge is 0.266 e. The number of tetrazole rings is 1. The number of nitrogens with zero attached hydrogens (tertiary/aromatic N) is 4. The lowest BCUT2D eigenvalue weighted by molar-refractivity contribution is 0.102. The molecule has 1 aliphatic heterocycles. The minimum absolute atomic E-state index is 0.165. The van der Waals surface area contributed by atoms with E-state index in [0.717, 1.165) is 5.56 Å². The van der Waals surface area contributed by atoms with E-state index in [1.165, 1.54) is 0 Å². The first-order valence-electron chi connectivity index (χ1n) is 7.54. The molecule has 1 atom stereocenters. The summed E-state index contributed by atoms with van der Waals surface area (Å²) in [7, 11) is 0. The summed E-state index contributed by atoms with van der Waals surface area (Å²) in [5.41, 5.74) is 0.470. The number of aromatic nitrogens is 5. The number of para-hydroxylation sites is 1. The van der Waals surface area contributed by atoms with E-state index in [2.05, 4.69) is 20.6 Å². The van der Waals surface area contributed by atoms with Gasteiger partial charge in [0.15, 0.2) is 0 Å². The predicted octanol–water partition coefficient (Wildman–Crippen LogP) is 1.30. The number of nitrogens with one attached hydrogen (secondary N) is 1. The Morgan fingerprint density at radius 2 is 2.12 bits per heavy atom. The lowest BCUT2D eigenvalue weighted by Gasteiger charge is -2.25. The zero-order valence-corrected chi connectivity index (χ0v) is 13.4. The highest BCUT2D eigenvalue weighted by Crippen LogP contribution is 2.46. The van der Waals surface area contributed by atoms with Crippen LogP contribution in [0.15, 0.2) is 23.0 Å². The zero-order valence-electron chi connectivity index (χ0n) is 13.4. The van der Waals surface area contributed by atoms with Crippen LogP contribution in [0.3, 0.4) is 0 Å². The summed E-state index contributed by atoms with van der Waals surface area (Å²) in [6.07, 6.45) is 0. The molecule has 8 heteroatoms. The number of carbonyl (C=O) groups is 1. The van der Waals surface area contributed by atoms with Gasteiger partial charge < -0.3 is 9.67 Å². The van der Waals surface area contributed by atoms with Gasteiger partial charge in [0.2, 0.25) is 11.6 Å². The van der Waals surface area contributed by atoms with Crippen LogP contribution in [0.1, 0.15) is 48.6 Å². The molecule has 0 bridgehead atoms. The summed E-state index contributed by atoms with van der Waals surface area (Å²) in [5.74, 6) is -1.34. The Hall–Kier alpha value is -3.03. The fraction of sp³-hybridized carbons (Fsp3) is 0.312. The van der Waals surface area contributed by atoms with Gasteiger partial charge >= 0.3 is 0 Å². The van der Waals surface area contributed by atoms with Crippen LogP contribution in [0.2, 0.25) is 0 Å². The summed E-state index contributed by atoms with van der Waals surface area (Å²) in [4.78, 5) is 25.6. The van der Waals surface area contributed by atoms with Gasteiger partial charge in [-0.05, 0) is 23.8 Å². The van der Waals surface area contributed by atoms with Crippen LogP contribution < -0.4 is 5.56 Å². The van der Waals surface area contributed by atoms with Crippen LogP contribution in [0.4, 0.5) is 0 Å². The molecule has 0 spiro atoms. The topological polar surface area (TPSA) is 114 Å². The van der Waals surface area contributed by atoms with Gasteiger partial charge in [-0.15, -0.1) is 10.2 Å². The van der Waals surface area contributed by atoms with Gasteiger partial charge in [0, 0.05) is 16.8 Å². The first kappa shape index (κ1) is 14.6. The molecule has 122 valence electrons. The number of ketones is 1. The summed E-state index contributed by atoms with van der Waals surface area (Å²) < 4.78 is 1.58. The van der Waals surface area contributed by atoms with E-state index >= 15 is 0 Å². The second-order valence-corrected chi connectivity index (χ2v) is 6.56. The van der Waals surface area contributed by atoms with Crippen LogP contribution in [-0.4, -0.2) is 36.1 Å².